The van der Waals surface area contributed by atoms with E-state index in [-0.39, 0.29) is 6.04 Å². The standard InChI is InChI=1S/C12H14BrIN2O/c13-10-5-4-8(14)7-9(10)12(16-15)11-3-1-2-6-17-11/h3-5,7,12,16H,1-2,6,15H2. The Bertz CT molecular complexity index is 437. The number of nitrogens with one attached hydrogen (secondary N) is 1. The summed E-state index contributed by atoms with van der Waals surface area (Å²) in [5.74, 6) is 6.58. The highest BCUT2D eigenvalue weighted by Gasteiger charge is 2.20. The van der Waals surface area contributed by atoms with Crippen molar-refractivity contribution in [1.82, 2.24) is 5.43 Å². The number of halogens is 2. The molecule has 1 heterocycles. The molecule has 3 nitrogen and oxygen atoms in total. The predicted molar refractivity (Wildman–Crippen MR) is 80.2 cm³/mol. The molecule has 5 heteroatoms. The van der Waals surface area contributed by atoms with Crippen LogP contribution < -0.4 is 11.3 Å². The Morgan fingerprint density at radius 3 is 2.94 bits per heavy atom. The van der Waals surface area contributed by atoms with Gasteiger partial charge in [-0.3, -0.25) is 5.84 Å². The highest BCUT2D eigenvalue weighted by atomic mass is 127. The van der Waals surface area contributed by atoms with Crippen molar-refractivity contribution in [1.29, 1.82) is 0 Å². The summed E-state index contributed by atoms with van der Waals surface area (Å²) in [5, 5.41) is 0. The van der Waals surface area contributed by atoms with Crippen LogP contribution in [0.2, 0.25) is 0 Å². The maximum absolute atomic E-state index is 5.68. The third-order valence-electron chi connectivity index (χ3n) is 2.68. The second-order valence-corrected chi connectivity index (χ2v) is 5.96. The van der Waals surface area contributed by atoms with E-state index in [1.54, 1.807) is 0 Å². The third-order valence-corrected chi connectivity index (χ3v) is 4.08. The second kappa shape index (κ2) is 6.17. The Morgan fingerprint density at radius 1 is 1.47 bits per heavy atom. The van der Waals surface area contributed by atoms with E-state index in [1.807, 2.05) is 6.07 Å². The van der Waals surface area contributed by atoms with Crippen molar-refractivity contribution in [2.45, 2.75) is 18.9 Å². The molecule has 0 saturated carbocycles. The molecule has 1 aromatic carbocycles. The van der Waals surface area contributed by atoms with Gasteiger partial charge in [-0.25, -0.2) is 5.43 Å². The zero-order valence-corrected chi connectivity index (χ0v) is 13.0. The minimum Gasteiger partial charge on any atom is -0.496 e. The van der Waals surface area contributed by atoms with Gasteiger partial charge in [0.15, 0.2) is 0 Å². The van der Waals surface area contributed by atoms with Crippen molar-refractivity contribution >= 4 is 38.5 Å². The number of benzene rings is 1. The molecule has 1 unspecified atom stereocenters. The Kier molecular flexibility index (Phi) is 4.84. The van der Waals surface area contributed by atoms with Gasteiger partial charge < -0.3 is 4.74 Å². The Labute approximate surface area is 123 Å². The smallest absolute Gasteiger partial charge is 0.115 e. The summed E-state index contributed by atoms with van der Waals surface area (Å²) in [7, 11) is 0. The van der Waals surface area contributed by atoms with Gasteiger partial charge in [0.2, 0.25) is 0 Å². The summed E-state index contributed by atoms with van der Waals surface area (Å²) < 4.78 is 7.89. The number of rotatable bonds is 3. The van der Waals surface area contributed by atoms with E-state index in [4.69, 9.17) is 10.6 Å². The molecule has 17 heavy (non-hydrogen) atoms. The largest absolute Gasteiger partial charge is 0.496 e. The predicted octanol–water partition coefficient (Wildman–Crippen LogP) is 3.25. The van der Waals surface area contributed by atoms with Crippen LogP contribution in [0.25, 0.3) is 0 Å². The fraction of sp³-hybridized carbons (Fsp3) is 0.333. The molecule has 0 amide bonds. The number of ether oxygens (including phenoxy) is 1. The molecule has 0 saturated heterocycles. The van der Waals surface area contributed by atoms with Crippen LogP contribution in [0.4, 0.5) is 0 Å². The van der Waals surface area contributed by atoms with Gasteiger partial charge >= 0.3 is 0 Å². The number of hydrogen-bond donors (Lipinski definition) is 2. The number of hydrogen-bond acceptors (Lipinski definition) is 3. The van der Waals surface area contributed by atoms with Crippen LogP contribution >= 0.6 is 38.5 Å². The first-order valence-electron chi connectivity index (χ1n) is 5.46. The van der Waals surface area contributed by atoms with Crippen molar-refractivity contribution in [3.63, 3.8) is 0 Å². The van der Waals surface area contributed by atoms with Crippen molar-refractivity contribution in [2.75, 3.05) is 6.61 Å². The Balaban J connectivity index is 2.34. The summed E-state index contributed by atoms with van der Waals surface area (Å²) in [6.45, 7) is 0.769. The van der Waals surface area contributed by atoms with Crippen molar-refractivity contribution in [3.05, 3.63) is 43.6 Å². The molecule has 1 aliphatic rings. The first kappa shape index (κ1) is 13.3. The highest BCUT2D eigenvalue weighted by molar-refractivity contribution is 14.1. The van der Waals surface area contributed by atoms with E-state index in [0.717, 1.165) is 35.2 Å². The molecular weight excluding hydrogens is 395 g/mol. The molecule has 0 fully saturated rings. The number of allylic oxidation sites excluding steroid dienone is 1. The lowest BCUT2D eigenvalue weighted by Gasteiger charge is -2.24. The number of nitrogens with two attached hydrogens (primary N) is 1. The van der Waals surface area contributed by atoms with Gasteiger partial charge in [0.25, 0.3) is 0 Å². The van der Waals surface area contributed by atoms with E-state index >= 15 is 0 Å². The Hall–Kier alpha value is -0.110. The van der Waals surface area contributed by atoms with Crippen molar-refractivity contribution in [2.24, 2.45) is 5.84 Å². The lowest BCUT2D eigenvalue weighted by Crippen LogP contribution is -2.31. The lowest BCUT2D eigenvalue weighted by atomic mass is 10.0. The van der Waals surface area contributed by atoms with Crippen LogP contribution in [-0.2, 0) is 4.74 Å². The van der Waals surface area contributed by atoms with Gasteiger partial charge in [0, 0.05) is 8.04 Å². The molecule has 3 N–H and O–H groups in total. The summed E-state index contributed by atoms with van der Waals surface area (Å²) in [4.78, 5) is 0. The van der Waals surface area contributed by atoms with E-state index in [1.165, 1.54) is 3.57 Å². The topological polar surface area (TPSA) is 47.3 Å². The molecule has 1 atom stereocenters. The van der Waals surface area contributed by atoms with E-state index in [0.29, 0.717) is 0 Å². The molecule has 1 aromatic rings. The molecule has 1 aliphatic heterocycles. The van der Waals surface area contributed by atoms with Crippen LogP contribution in [0.1, 0.15) is 24.4 Å². The summed E-state index contributed by atoms with van der Waals surface area (Å²) >= 11 is 5.85. The van der Waals surface area contributed by atoms with Gasteiger partial charge in [-0.1, -0.05) is 15.9 Å². The molecular formula is C12H14BrIN2O. The van der Waals surface area contributed by atoms with Gasteiger partial charge in [0.1, 0.15) is 11.8 Å². The van der Waals surface area contributed by atoms with E-state index in [2.05, 4.69) is 62.2 Å². The van der Waals surface area contributed by atoms with E-state index in [9.17, 15) is 0 Å². The van der Waals surface area contributed by atoms with Crippen LogP contribution in [0.3, 0.4) is 0 Å². The second-order valence-electron chi connectivity index (χ2n) is 3.86. The first-order chi connectivity index (χ1) is 8.22. The fourth-order valence-corrected chi connectivity index (χ4v) is 2.83. The van der Waals surface area contributed by atoms with Gasteiger partial charge in [-0.2, -0.15) is 0 Å². The highest BCUT2D eigenvalue weighted by Crippen LogP contribution is 2.31. The molecule has 0 radical (unpaired) electrons. The van der Waals surface area contributed by atoms with E-state index < -0.39 is 0 Å². The molecule has 0 aromatic heterocycles. The minimum absolute atomic E-state index is 0.0839. The number of hydrazine groups is 1. The van der Waals surface area contributed by atoms with Gasteiger partial charge in [-0.15, -0.1) is 0 Å². The molecule has 92 valence electrons. The first-order valence-corrected chi connectivity index (χ1v) is 7.33. The van der Waals surface area contributed by atoms with Crippen molar-refractivity contribution in [3.8, 4) is 0 Å². The normalized spacial score (nSPS) is 17.2. The maximum atomic E-state index is 5.68. The average Bonchev–Trinajstić information content (AvgIpc) is 2.36. The van der Waals surface area contributed by atoms with Crippen LogP contribution in [-0.4, -0.2) is 6.61 Å². The minimum atomic E-state index is -0.0839. The Morgan fingerprint density at radius 2 is 2.29 bits per heavy atom. The monoisotopic (exact) mass is 408 g/mol. The molecule has 0 bridgehead atoms. The fourth-order valence-electron chi connectivity index (χ4n) is 1.84. The molecule has 0 spiro atoms. The van der Waals surface area contributed by atoms with Gasteiger partial charge in [0.05, 0.1) is 6.61 Å². The maximum Gasteiger partial charge on any atom is 0.115 e. The molecule has 2 rings (SSSR count). The summed E-state index contributed by atoms with van der Waals surface area (Å²) in [6, 6.07) is 6.11. The third kappa shape index (κ3) is 3.21. The SMILES string of the molecule is NNC(C1=CCCCO1)c1cc(I)ccc1Br. The quantitative estimate of drug-likeness (QED) is 0.458. The van der Waals surface area contributed by atoms with Gasteiger partial charge in [-0.05, 0) is 65.3 Å². The van der Waals surface area contributed by atoms with Crippen LogP contribution in [0.15, 0.2) is 34.5 Å². The van der Waals surface area contributed by atoms with Crippen LogP contribution in [0, 0.1) is 3.57 Å². The summed E-state index contributed by atoms with van der Waals surface area (Å²) in [6.07, 6.45) is 4.24. The lowest BCUT2D eigenvalue weighted by molar-refractivity contribution is 0.167. The molecule has 0 aliphatic carbocycles. The van der Waals surface area contributed by atoms with Crippen LogP contribution in [0.5, 0.6) is 0 Å². The zero-order chi connectivity index (χ0) is 12.3. The zero-order valence-electron chi connectivity index (χ0n) is 9.25. The van der Waals surface area contributed by atoms with Crippen molar-refractivity contribution < 1.29 is 4.74 Å². The average molecular weight is 409 g/mol. The summed E-state index contributed by atoms with van der Waals surface area (Å²) in [5.41, 5.74) is 3.93.